The molecule has 20 heavy (non-hydrogen) atoms. The first-order valence-electron chi connectivity index (χ1n) is 7.53. The van der Waals surface area contributed by atoms with Gasteiger partial charge in [-0.1, -0.05) is 30.3 Å². The summed E-state index contributed by atoms with van der Waals surface area (Å²) in [6.45, 7) is 0. The number of carbonyl (C=O) groups is 1. The maximum absolute atomic E-state index is 10.1. The highest BCUT2D eigenvalue weighted by atomic mass is 16.4. The van der Waals surface area contributed by atoms with E-state index in [0.717, 1.165) is 37.0 Å². The van der Waals surface area contributed by atoms with Crippen LogP contribution in [0.15, 0.2) is 30.3 Å². The third kappa shape index (κ3) is 2.88. The number of hydrogen-bond donors (Lipinski definition) is 1. The molecule has 5 rings (SSSR count). The molecule has 4 aliphatic rings. The zero-order valence-corrected chi connectivity index (χ0v) is 11.6. The van der Waals surface area contributed by atoms with Crippen molar-refractivity contribution < 1.29 is 15.0 Å². The summed E-state index contributed by atoms with van der Waals surface area (Å²) in [7, 11) is 0. The van der Waals surface area contributed by atoms with E-state index in [1.165, 1.54) is 31.4 Å². The molecule has 1 aromatic carbocycles. The van der Waals surface area contributed by atoms with Crippen LogP contribution in [0.3, 0.4) is 0 Å². The smallest absolute Gasteiger partial charge is 0.0715 e. The minimum absolute atomic E-state index is 0.200. The lowest BCUT2D eigenvalue weighted by molar-refractivity contribution is -0.255. The Morgan fingerprint density at radius 1 is 1.00 bits per heavy atom. The van der Waals surface area contributed by atoms with Gasteiger partial charge in [-0.3, -0.25) is 0 Å². The monoisotopic (exact) mass is 273 g/mol. The van der Waals surface area contributed by atoms with Gasteiger partial charge in [0.1, 0.15) is 0 Å². The number of aliphatic hydroxyl groups is 1. The van der Waals surface area contributed by atoms with Crippen molar-refractivity contribution in [1.82, 2.24) is 0 Å². The summed E-state index contributed by atoms with van der Waals surface area (Å²) in [6.07, 6.45) is 7.66. The van der Waals surface area contributed by atoms with E-state index in [9.17, 15) is 15.0 Å². The van der Waals surface area contributed by atoms with Crippen LogP contribution < -0.4 is 5.11 Å². The summed E-state index contributed by atoms with van der Waals surface area (Å²) in [5.41, 5.74) is 0.0203. The molecule has 4 saturated carbocycles. The van der Waals surface area contributed by atoms with Crippen LogP contribution in [-0.4, -0.2) is 16.7 Å². The minimum Gasteiger partial charge on any atom is -0.545 e. The lowest BCUT2D eigenvalue weighted by atomic mass is 9.54. The number of benzene rings is 1. The van der Waals surface area contributed by atoms with Crippen molar-refractivity contribution in [3.8, 4) is 0 Å². The van der Waals surface area contributed by atoms with Crippen LogP contribution in [0.2, 0.25) is 0 Å². The molecule has 0 amide bonds. The van der Waals surface area contributed by atoms with Crippen LogP contribution in [0.4, 0.5) is 0 Å². The normalized spacial score (nSPS) is 37.1. The van der Waals surface area contributed by atoms with E-state index in [1.54, 1.807) is 18.2 Å². The molecule has 1 aromatic rings. The van der Waals surface area contributed by atoms with Gasteiger partial charge in [0, 0.05) is 0 Å². The zero-order chi connectivity index (χ0) is 14.2. The van der Waals surface area contributed by atoms with E-state index in [4.69, 9.17) is 0 Å². The molecule has 0 spiro atoms. The Labute approximate surface area is 119 Å². The summed E-state index contributed by atoms with van der Waals surface area (Å²) in [4.78, 5) is 10.1. The molecule has 0 aliphatic heterocycles. The van der Waals surface area contributed by atoms with Gasteiger partial charge in [0.15, 0.2) is 0 Å². The van der Waals surface area contributed by atoms with Crippen molar-refractivity contribution in [2.45, 2.75) is 44.1 Å². The molecule has 0 aromatic heterocycles. The first kappa shape index (κ1) is 13.6. The fourth-order valence-electron chi connectivity index (χ4n) is 4.64. The predicted molar refractivity (Wildman–Crippen MR) is 73.9 cm³/mol. The van der Waals surface area contributed by atoms with Crippen LogP contribution in [0.5, 0.6) is 0 Å². The molecule has 1 N–H and O–H groups in total. The second kappa shape index (κ2) is 5.21. The summed E-state index contributed by atoms with van der Waals surface area (Å²) >= 11 is 0. The van der Waals surface area contributed by atoms with Gasteiger partial charge in [0.05, 0.1) is 11.6 Å². The fraction of sp³-hybridized carbons (Fsp3) is 0.588. The molecule has 0 radical (unpaired) electrons. The number of aromatic carboxylic acids is 1. The molecular weight excluding hydrogens is 252 g/mol. The second-order valence-electron chi connectivity index (χ2n) is 6.80. The molecule has 0 atom stereocenters. The maximum atomic E-state index is 10.1. The van der Waals surface area contributed by atoms with E-state index >= 15 is 0 Å². The van der Waals surface area contributed by atoms with Crippen LogP contribution in [0, 0.1) is 17.8 Å². The van der Waals surface area contributed by atoms with Crippen LogP contribution in [0.25, 0.3) is 0 Å². The quantitative estimate of drug-likeness (QED) is 0.851. The highest BCUT2D eigenvalue weighted by molar-refractivity contribution is 5.85. The lowest BCUT2D eigenvalue weighted by Crippen LogP contribution is -2.50. The van der Waals surface area contributed by atoms with E-state index in [-0.39, 0.29) is 11.2 Å². The van der Waals surface area contributed by atoms with Gasteiger partial charge in [0.25, 0.3) is 0 Å². The molecule has 4 fully saturated rings. The largest absolute Gasteiger partial charge is 0.545 e. The van der Waals surface area contributed by atoms with Crippen molar-refractivity contribution in [1.29, 1.82) is 0 Å². The van der Waals surface area contributed by atoms with Gasteiger partial charge < -0.3 is 15.0 Å². The number of carbonyl (C=O) groups excluding carboxylic acids is 1. The first-order chi connectivity index (χ1) is 9.54. The number of carboxylic acids is 1. The molecule has 4 bridgehead atoms. The van der Waals surface area contributed by atoms with Crippen LogP contribution in [-0.2, 0) is 0 Å². The number of hydrogen-bond acceptors (Lipinski definition) is 3. The molecule has 0 heterocycles. The average Bonchev–Trinajstić information content (AvgIpc) is 2.37. The average molecular weight is 273 g/mol. The summed E-state index contributed by atoms with van der Waals surface area (Å²) in [5.74, 6) is 1.55. The van der Waals surface area contributed by atoms with E-state index in [1.807, 2.05) is 0 Å². The standard InChI is InChI=1S/C10H16O.C7H6O2/c11-10-4-7-1-8(5-10)3-9(2-7)6-10;8-7(9)6-4-2-1-3-5-6/h7-9,11H,1-6H2;1-5H,(H,8,9)/p-1. The second-order valence-corrected chi connectivity index (χ2v) is 6.80. The fourth-order valence-corrected chi connectivity index (χ4v) is 4.64. The van der Waals surface area contributed by atoms with Gasteiger partial charge in [-0.05, 0) is 61.8 Å². The first-order valence-corrected chi connectivity index (χ1v) is 7.53. The lowest BCUT2D eigenvalue weighted by Gasteiger charge is -2.54. The highest BCUT2D eigenvalue weighted by Crippen LogP contribution is 2.55. The summed E-state index contributed by atoms with van der Waals surface area (Å²) in [6, 6.07) is 8.06. The van der Waals surface area contributed by atoms with Gasteiger partial charge in [-0.15, -0.1) is 0 Å². The van der Waals surface area contributed by atoms with E-state index in [2.05, 4.69) is 0 Å². The Hall–Kier alpha value is -1.35. The SMILES string of the molecule is O=C([O-])c1ccccc1.OC12CC3CC(CC(C3)C1)C2. The number of rotatable bonds is 1. The van der Waals surface area contributed by atoms with Crippen molar-refractivity contribution >= 4 is 5.97 Å². The Kier molecular flexibility index (Phi) is 3.55. The van der Waals surface area contributed by atoms with Gasteiger partial charge in [0.2, 0.25) is 0 Å². The van der Waals surface area contributed by atoms with E-state index < -0.39 is 5.97 Å². The zero-order valence-electron chi connectivity index (χ0n) is 11.6. The topological polar surface area (TPSA) is 60.4 Å². The third-order valence-electron chi connectivity index (χ3n) is 5.02. The van der Waals surface area contributed by atoms with E-state index in [0.29, 0.717) is 0 Å². The number of carboxylic acid groups (broad SMARTS) is 1. The van der Waals surface area contributed by atoms with Crippen molar-refractivity contribution in [3.63, 3.8) is 0 Å². The van der Waals surface area contributed by atoms with Crippen LogP contribution >= 0.6 is 0 Å². The van der Waals surface area contributed by atoms with Gasteiger partial charge in [-0.25, -0.2) is 0 Å². The molecule has 0 saturated heterocycles. The van der Waals surface area contributed by atoms with Crippen molar-refractivity contribution in [2.24, 2.45) is 17.8 Å². The Morgan fingerprint density at radius 2 is 1.45 bits per heavy atom. The Morgan fingerprint density at radius 3 is 1.75 bits per heavy atom. The molecule has 108 valence electrons. The van der Waals surface area contributed by atoms with Gasteiger partial charge >= 0.3 is 0 Å². The summed E-state index contributed by atoms with van der Waals surface area (Å²) < 4.78 is 0. The molecule has 0 unspecified atom stereocenters. The Balaban J connectivity index is 0.000000124. The third-order valence-corrected chi connectivity index (χ3v) is 5.02. The van der Waals surface area contributed by atoms with Crippen molar-refractivity contribution in [2.75, 3.05) is 0 Å². The van der Waals surface area contributed by atoms with Gasteiger partial charge in [-0.2, -0.15) is 0 Å². The van der Waals surface area contributed by atoms with Crippen molar-refractivity contribution in [3.05, 3.63) is 35.9 Å². The predicted octanol–water partition coefficient (Wildman–Crippen LogP) is 2.00. The summed E-state index contributed by atoms with van der Waals surface area (Å²) in [5, 5.41) is 20.2. The maximum Gasteiger partial charge on any atom is 0.0715 e. The highest BCUT2D eigenvalue weighted by Gasteiger charge is 2.49. The Bertz CT molecular complexity index is 445. The molecule has 4 aliphatic carbocycles. The molecule has 3 heteroatoms. The van der Waals surface area contributed by atoms with Crippen LogP contribution in [0.1, 0.15) is 48.9 Å². The molecular formula is C17H21O3-. The molecule has 3 nitrogen and oxygen atoms in total. The minimum atomic E-state index is -1.13.